The first kappa shape index (κ1) is 11.5. The van der Waals surface area contributed by atoms with Crippen LogP contribution in [0, 0.1) is 6.92 Å². The summed E-state index contributed by atoms with van der Waals surface area (Å²) in [7, 11) is 0. The van der Waals surface area contributed by atoms with Crippen molar-refractivity contribution < 1.29 is 0 Å². The van der Waals surface area contributed by atoms with Crippen molar-refractivity contribution in [2.45, 2.75) is 13.5 Å². The minimum absolute atomic E-state index is 0.532. The number of benzene rings is 1. The summed E-state index contributed by atoms with van der Waals surface area (Å²) in [5.41, 5.74) is 9.02. The van der Waals surface area contributed by atoms with Crippen LogP contribution in [0.25, 0.3) is 5.69 Å². The van der Waals surface area contributed by atoms with Gasteiger partial charge in [0.05, 0.1) is 24.6 Å². The molecular formula is C14H15N5. The second-order valence-electron chi connectivity index (χ2n) is 4.47. The Bertz CT molecular complexity index is 661. The largest absolute Gasteiger partial charge is 0.369 e. The molecule has 0 aliphatic rings. The van der Waals surface area contributed by atoms with Crippen LogP contribution in [0.1, 0.15) is 11.3 Å². The SMILES string of the molecule is Cc1cnc(N)n1Cc1cnn(-c2ccccc2)c1. The number of hydrogen-bond acceptors (Lipinski definition) is 3. The normalized spacial score (nSPS) is 10.8. The van der Waals surface area contributed by atoms with Crippen molar-refractivity contribution in [1.82, 2.24) is 19.3 Å². The number of nitrogens with zero attached hydrogens (tertiary/aromatic N) is 4. The number of hydrogen-bond donors (Lipinski definition) is 1. The summed E-state index contributed by atoms with van der Waals surface area (Å²) in [6.07, 6.45) is 5.64. The molecule has 0 saturated heterocycles. The van der Waals surface area contributed by atoms with E-state index in [2.05, 4.69) is 10.1 Å². The lowest BCUT2D eigenvalue weighted by atomic mass is 10.3. The van der Waals surface area contributed by atoms with E-state index in [1.807, 2.05) is 58.9 Å². The van der Waals surface area contributed by atoms with Gasteiger partial charge >= 0.3 is 0 Å². The first-order valence-electron chi connectivity index (χ1n) is 6.10. The number of rotatable bonds is 3. The number of para-hydroxylation sites is 1. The van der Waals surface area contributed by atoms with Gasteiger partial charge in [-0.05, 0) is 19.1 Å². The first-order chi connectivity index (χ1) is 9.24. The topological polar surface area (TPSA) is 61.7 Å². The average Bonchev–Trinajstić information content (AvgIpc) is 3.02. The molecule has 0 amide bonds. The smallest absolute Gasteiger partial charge is 0.200 e. The van der Waals surface area contributed by atoms with Crippen molar-refractivity contribution in [3.63, 3.8) is 0 Å². The Morgan fingerprint density at radius 2 is 1.95 bits per heavy atom. The third-order valence-electron chi connectivity index (χ3n) is 3.08. The van der Waals surface area contributed by atoms with E-state index in [1.54, 1.807) is 6.20 Å². The maximum atomic E-state index is 5.83. The van der Waals surface area contributed by atoms with Gasteiger partial charge in [-0.1, -0.05) is 18.2 Å². The fraction of sp³-hybridized carbons (Fsp3) is 0.143. The standard InChI is InChI=1S/C14H15N5/c1-11-7-16-14(15)18(11)9-12-8-17-19(10-12)13-5-3-2-4-6-13/h2-8,10H,9H2,1H3,(H2,15,16). The fourth-order valence-corrected chi connectivity index (χ4v) is 2.03. The Hall–Kier alpha value is -2.56. The van der Waals surface area contributed by atoms with E-state index < -0.39 is 0 Å². The maximum Gasteiger partial charge on any atom is 0.200 e. The Labute approximate surface area is 111 Å². The third kappa shape index (κ3) is 2.22. The lowest BCUT2D eigenvalue weighted by Crippen LogP contribution is -2.05. The van der Waals surface area contributed by atoms with Crippen molar-refractivity contribution in [2.75, 3.05) is 5.73 Å². The highest BCUT2D eigenvalue weighted by Gasteiger charge is 2.06. The van der Waals surface area contributed by atoms with Crippen molar-refractivity contribution in [2.24, 2.45) is 0 Å². The molecule has 0 spiro atoms. The van der Waals surface area contributed by atoms with Gasteiger partial charge in [-0.25, -0.2) is 9.67 Å². The minimum atomic E-state index is 0.532. The molecule has 0 aliphatic heterocycles. The van der Waals surface area contributed by atoms with E-state index in [0.29, 0.717) is 12.5 Å². The van der Waals surface area contributed by atoms with E-state index in [0.717, 1.165) is 16.9 Å². The Balaban J connectivity index is 1.87. The van der Waals surface area contributed by atoms with Crippen molar-refractivity contribution in [1.29, 1.82) is 0 Å². The zero-order valence-electron chi connectivity index (χ0n) is 10.7. The number of anilines is 1. The highest BCUT2D eigenvalue weighted by atomic mass is 15.3. The van der Waals surface area contributed by atoms with E-state index >= 15 is 0 Å². The minimum Gasteiger partial charge on any atom is -0.369 e. The molecule has 19 heavy (non-hydrogen) atoms. The second-order valence-corrected chi connectivity index (χ2v) is 4.47. The van der Waals surface area contributed by atoms with Gasteiger partial charge in [0, 0.05) is 17.5 Å². The number of aryl methyl sites for hydroxylation is 1. The summed E-state index contributed by atoms with van der Waals surface area (Å²) in [5.74, 6) is 0.532. The van der Waals surface area contributed by atoms with Gasteiger partial charge in [-0.15, -0.1) is 0 Å². The highest BCUT2D eigenvalue weighted by molar-refractivity contribution is 5.31. The number of nitrogen functional groups attached to an aromatic ring is 1. The molecule has 2 N–H and O–H groups in total. The summed E-state index contributed by atoms with van der Waals surface area (Å²) in [6.45, 7) is 2.68. The van der Waals surface area contributed by atoms with Crippen molar-refractivity contribution in [3.8, 4) is 5.69 Å². The summed E-state index contributed by atoms with van der Waals surface area (Å²) >= 11 is 0. The zero-order chi connectivity index (χ0) is 13.2. The molecule has 96 valence electrons. The summed E-state index contributed by atoms with van der Waals surface area (Å²) in [6, 6.07) is 10.0. The fourth-order valence-electron chi connectivity index (χ4n) is 2.03. The second kappa shape index (κ2) is 4.61. The summed E-state index contributed by atoms with van der Waals surface area (Å²) in [4.78, 5) is 4.09. The van der Waals surface area contributed by atoms with Crippen LogP contribution in [-0.4, -0.2) is 19.3 Å². The van der Waals surface area contributed by atoms with Crippen LogP contribution < -0.4 is 5.73 Å². The van der Waals surface area contributed by atoms with Gasteiger partial charge < -0.3 is 10.3 Å². The Kier molecular flexibility index (Phi) is 2.79. The number of imidazole rings is 1. The third-order valence-corrected chi connectivity index (χ3v) is 3.08. The molecule has 2 aromatic heterocycles. The predicted octanol–water partition coefficient (Wildman–Crippen LogP) is 2.01. The molecule has 0 fully saturated rings. The molecule has 0 atom stereocenters. The lowest BCUT2D eigenvalue weighted by Gasteiger charge is -2.04. The van der Waals surface area contributed by atoms with Gasteiger partial charge in [-0.3, -0.25) is 0 Å². The van der Waals surface area contributed by atoms with E-state index in [4.69, 9.17) is 5.73 Å². The average molecular weight is 253 g/mol. The van der Waals surface area contributed by atoms with Crippen LogP contribution in [0.2, 0.25) is 0 Å². The molecular weight excluding hydrogens is 238 g/mol. The lowest BCUT2D eigenvalue weighted by molar-refractivity contribution is 0.782. The quantitative estimate of drug-likeness (QED) is 0.776. The van der Waals surface area contributed by atoms with Crippen LogP contribution in [0.5, 0.6) is 0 Å². The van der Waals surface area contributed by atoms with Gasteiger partial charge in [0.2, 0.25) is 5.95 Å². The molecule has 2 heterocycles. The molecule has 0 aliphatic carbocycles. The van der Waals surface area contributed by atoms with Gasteiger partial charge in [0.25, 0.3) is 0 Å². The monoisotopic (exact) mass is 253 g/mol. The zero-order valence-corrected chi connectivity index (χ0v) is 10.7. The molecule has 0 radical (unpaired) electrons. The summed E-state index contributed by atoms with van der Waals surface area (Å²) in [5, 5.41) is 4.37. The highest BCUT2D eigenvalue weighted by Crippen LogP contribution is 2.12. The van der Waals surface area contributed by atoms with E-state index in [-0.39, 0.29) is 0 Å². The Morgan fingerprint density at radius 1 is 1.16 bits per heavy atom. The van der Waals surface area contributed by atoms with Crippen LogP contribution in [0.4, 0.5) is 5.95 Å². The molecule has 5 heteroatoms. The van der Waals surface area contributed by atoms with E-state index in [1.165, 1.54) is 0 Å². The predicted molar refractivity (Wildman–Crippen MR) is 74.0 cm³/mol. The van der Waals surface area contributed by atoms with Gasteiger partial charge in [0.1, 0.15) is 0 Å². The molecule has 0 unspecified atom stereocenters. The van der Waals surface area contributed by atoms with Crippen LogP contribution in [-0.2, 0) is 6.54 Å². The van der Waals surface area contributed by atoms with Crippen LogP contribution in [0.15, 0.2) is 48.9 Å². The molecule has 5 nitrogen and oxygen atoms in total. The number of nitrogens with two attached hydrogens (primary N) is 1. The molecule has 0 saturated carbocycles. The van der Waals surface area contributed by atoms with Crippen molar-refractivity contribution >= 4 is 5.95 Å². The van der Waals surface area contributed by atoms with Crippen molar-refractivity contribution in [3.05, 3.63) is 60.2 Å². The number of aromatic nitrogens is 4. The Morgan fingerprint density at radius 3 is 2.63 bits per heavy atom. The summed E-state index contributed by atoms with van der Waals surface area (Å²) < 4.78 is 3.82. The van der Waals surface area contributed by atoms with Crippen LogP contribution in [0.3, 0.4) is 0 Å². The van der Waals surface area contributed by atoms with Gasteiger partial charge in [0.15, 0.2) is 0 Å². The van der Waals surface area contributed by atoms with Crippen LogP contribution >= 0.6 is 0 Å². The molecule has 0 bridgehead atoms. The maximum absolute atomic E-state index is 5.83. The van der Waals surface area contributed by atoms with Gasteiger partial charge in [-0.2, -0.15) is 5.10 Å². The molecule has 1 aromatic carbocycles. The molecule has 3 aromatic rings. The molecule has 3 rings (SSSR count). The first-order valence-corrected chi connectivity index (χ1v) is 6.10. The van der Waals surface area contributed by atoms with E-state index in [9.17, 15) is 0 Å².